The molecule has 0 aliphatic carbocycles. The monoisotopic (exact) mass is 226 g/mol. The lowest BCUT2D eigenvalue weighted by atomic mass is 9.92. The van der Waals surface area contributed by atoms with E-state index in [-0.39, 0.29) is 5.92 Å². The summed E-state index contributed by atoms with van der Waals surface area (Å²) in [7, 11) is 0. The highest BCUT2D eigenvalue weighted by Gasteiger charge is 2.19. The molecule has 0 aromatic heterocycles. The van der Waals surface area contributed by atoms with Crippen molar-refractivity contribution in [3.8, 4) is 0 Å². The van der Waals surface area contributed by atoms with Gasteiger partial charge in [-0.2, -0.15) is 0 Å². The molecule has 0 atom stereocenters. The molecule has 1 aromatic carbocycles. The van der Waals surface area contributed by atoms with E-state index in [0.29, 0.717) is 16.3 Å². The van der Waals surface area contributed by atoms with Crippen LogP contribution in [-0.2, 0) is 0 Å². The van der Waals surface area contributed by atoms with E-state index in [2.05, 4.69) is 0 Å². The van der Waals surface area contributed by atoms with Gasteiger partial charge in [-0.1, -0.05) is 25.4 Å². The molecule has 1 rings (SSSR count). The van der Waals surface area contributed by atoms with Gasteiger partial charge in [-0.25, -0.2) is 0 Å². The van der Waals surface area contributed by atoms with E-state index in [1.807, 2.05) is 20.8 Å². The van der Waals surface area contributed by atoms with Gasteiger partial charge < -0.3 is 11.5 Å². The summed E-state index contributed by atoms with van der Waals surface area (Å²) in [6, 6.07) is 1.67. The summed E-state index contributed by atoms with van der Waals surface area (Å²) in [6.07, 6.45) is 0. The summed E-state index contributed by atoms with van der Waals surface area (Å²) in [4.78, 5) is 11.3. The molecule has 0 saturated carbocycles. The van der Waals surface area contributed by atoms with Crippen molar-refractivity contribution < 1.29 is 4.79 Å². The van der Waals surface area contributed by atoms with Gasteiger partial charge in [0.1, 0.15) is 0 Å². The van der Waals surface area contributed by atoms with Crippen molar-refractivity contribution in [3.05, 3.63) is 27.8 Å². The third-order valence-corrected chi connectivity index (χ3v) is 2.69. The highest BCUT2D eigenvalue weighted by molar-refractivity contribution is 6.34. The lowest BCUT2D eigenvalue weighted by molar-refractivity contribution is 0.0999. The molecule has 0 bridgehead atoms. The first-order valence-corrected chi connectivity index (χ1v) is 5.12. The largest absolute Gasteiger partial charge is 0.398 e. The Hall–Kier alpha value is -1.22. The molecule has 3 nitrogen and oxygen atoms in total. The minimum absolute atomic E-state index is 0.116. The van der Waals surface area contributed by atoms with Crippen LogP contribution in [-0.4, -0.2) is 5.91 Å². The number of primary amides is 1. The number of aryl methyl sites for hydroxylation is 1. The highest BCUT2D eigenvalue weighted by atomic mass is 35.5. The van der Waals surface area contributed by atoms with Crippen LogP contribution in [0, 0.1) is 6.92 Å². The van der Waals surface area contributed by atoms with Crippen molar-refractivity contribution in [2.75, 3.05) is 5.73 Å². The number of halogens is 1. The Bertz CT molecular complexity index is 414. The predicted molar refractivity (Wildman–Crippen MR) is 63.2 cm³/mol. The fraction of sp³-hybridized carbons (Fsp3) is 0.364. The Labute approximate surface area is 94.4 Å². The number of carbonyl (C=O) groups excluding carboxylic acids is 1. The third-order valence-electron chi connectivity index (χ3n) is 2.39. The van der Waals surface area contributed by atoms with E-state index in [1.54, 1.807) is 6.07 Å². The Morgan fingerprint density at radius 1 is 1.47 bits per heavy atom. The fourth-order valence-corrected chi connectivity index (χ4v) is 2.02. The van der Waals surface area contributed by atoms with Gasteiger partial charge in [0.15, 0.2) is 0 Å². The van der Waals surface area contributed by atoms with Gasteiger partial charge in [-0.05, 0) is 30.0 Å². The van der Waals surface area contributed by atoms with Crippen molar-refractivity contribution in [1.29, 1.82) is 0 Å². The average Bonchev–Trinajstić information content (AvgIpc) is 2.09. The first-order chi connectivity index (χ1) is 6.86. The molecule has 4 heteroatoms. The van der Waals surface area contributed by atoms with Crippen LogP contribution < -0.4 is 11.5 Å². The van der Waals surface area contributed by atoms with Gasteiger partial charge in [0, 0.05) is 5.69 Å². The number of nitrogens with two attached hydrogens (primary N) is 2. The lowest BCUT2D eigenvalue weighted by Gasteiger charge is -2.17. The summed E-state index contributed by atoms with van der Waals surface area (Å²) in [5.41, 5.74) is 13.8. The topological polar surface area (TPSA) is 69.1 Å². The Balaban J connectivity index is 3.62. The summed E-state index contributed by atoms with van der Waals surface area (Å²) in [5.74, 6) is -0.416. The van der Waals surface area contributed by atoms with Crippen LogP contribution in [0.3, 0.4) is 0 Å². The summed E-state index contributed by atoms with van der Waals surface area (Å²) < 4.78 is 0. The Morgan fingerprint density at radius 3 is 2.40 bits per heavy atom. The van der Waals surface area contributed by atoms with Crippen LogP contribution in [0.2, 0.25) is 5.02 Å². The van der Waals surface area contributed by atoms with E-state index in [9.17, 15) is 4.79 Å². The lowest BCUT2D eigenvalue weighted by Crippen LogP contribution is -2.17. The average molecular weight is 227 g/mol. The number of rotatable bonds is 2. The summed E-state index contributed by atoms with van der Waals surface area (Å²) in [6.45, 7) is 5.76. The molecule has 1 amide bonds. The molecule has 0 radical (unpaired) electrons. The van der Waals surface area contributed by atoms with E-state index in [1.165, 1.54) is 0 Å². The highest BCUT2D eigenvalue weighted by Crippen LogP contribution is 2.33. The molecule has 0 unspecified atom stereocenters. The molecule has 1 aromatic rings. The van der Waals surface area contributed by atoms with Gasteiger partial charge in [-0.15, -0.1) is 0 Å². The molecule has 0 spiro atoms. The molecule has 0 saturated heterocycles. The van der Waals surface area contributed by atoms with Crippen LogP contribution >= 0.6 is 11.6 Å². The first-order valence-electron chi connectivity index (χ1n) is 4.74. The number of amides is 1. The standard InChI is InChI=1S/C11H15ClN2O/c1-5(2)8-9(11(14)15)7(12)4-6(3)10(8)13/h4-5H,13H2,1-3H3,(H2,14,15). The van der Waals surface area contributed by atoms with E-state index in [0.717, 1.165) is 11.1 Å². The van der Waals surface area contributed by atoms with Gasteiger partial charge in [0.05, 0.1) is 10.6 Å². The molecular weight excluding hydrogens is 212 g/mol. The normalized spacial score (nSPS) is 10.7. The zero-order valence-corrected chi connectivity index (χ0v) is 9.85. The molecule has 0 aliphatic rings. The van der Waals surface area contributed by atoms with Crippen LogP contribution in [0.25, 0.3) is 0 Å². The first kappa shape index (κ1) is 11.9. The maximum Gasteiger partial charge on any atom is 0.250 e. The molecule has 0 fully saturated rings. The predicted octanol–water partition coefficient (Wildman–Crippen LogP) is 2.45. The van der Waals surface area contributed by atoms with Gasteiger partial charge >= 0.3 is 0 Å². The Morgan fingerprint density at radius 2 is 2.00 bits per heavy atom. The number of anilines is 1. The minimum atomic E-state index is -0.532. The number of benzene rings is 1. The van der Waals surface area contributed by atoms with Crippen molar-refractivity contribution in [1.82, 2.24) is 0 Å². The fourth-order valence-electron chi connectivity index (χ4n) is 1.67. The molecule has 4 N–H and O–H groups in total. The zero-order valence-electron chi connectivity index (χ0n) is 9.10. The number of carbonyl (C=O) groups is 1. The number of hydrogen-bond donors (Lipinski definition) is 2. The van der Waals surface area contributed by atoms with Crippen LogP contribution in [0.15, 0.2) is 6.07 Å². The maximum atomic E-state index is 11.3. The van der Waals surface area contributed by atoms with Gasteiger partial charge in [0.25, 0.3) is 5.91 Å². The molecule has 82 valence electrons. The van der Waals surface area contributed by atoms with Crippen molar-refractivity contribution >= 4 is 23.2 Å². The third kappa shape index (κ3) is 2.07. The van der Waals surface area contributed by atoms with Crippen molar-refractivity contribution in [2.45, 2.75) is 26.7 Å². The second-order valence-corrected chi connectivity index (χ2v) is 4.30. The second kappa shape index (κ2) is 4.11. The van der Waals surface area contributed by atoms with Gasteiger partial charge in [-0.3, -0.25) is 4.79 Å². The molecule has 0 heterocycles. The van der Waals surface area contributed by atoms with Crippen LogP contribution in [0.4, 0.5) is 5.69 Å². The van der Waals surface area contributed by atoms with Crippen molar-refractivity contribution in [3.63, 3.8) is 0 Å². The number of hydrogen-bond acceptors (Lipinski definition) is 2. The van der Waals surface area contributed by atoms with Gasteiger partial charge in [0.2, 0.25) is 0 Å². The van der Waals surface area contributed by atoms with E-state index < -0.39 is 5.91 Å². The summed E-state index contributed by atoms with van der Waals surface area (Å²) in [5, 5.41) is 0.373. The second-order valence-electron chi connectivity index (χ2n) is 3.90. The minimum Gasteiger partial charge on any atom is -0.398 e. The summed E-state index contributed by atoms with van der Waals surface area (Å²) >= 11 is 5.99. The molecular formula is C11H15ClN2O. The smallest absolute Gasteiger partial charge is 0.250 e. The quantitative estimate of drug-likeness (QED) is 0.761. The van der Waals surface area contributed by atoms with E-state index >= 15 is 0 Å². The Kier molecular flexibility index (Phi) is 3.25. The van der Waals surface area contributed by atoms with Crippen LogP contribution in [0.1, 0.15) is 41.3 Å². The zero-order chi connectivity index (χ0) is 11.7. The molecule has 15 heavy (non-hydrogen) atoms. The SMILES string of the molecule is Cc1cc(Cl)c(C(N)=O)c(C(C)C)c1N. The number of nitrogen functional groups attached to an aromatic ring is 1. The van der Waals surface area contributed by atoms with E-state index in [4.69, 9.17) is 23.1 Å². The molecule has 0 aliphatic heterocycles. The van der Waals surface area contributed by atoms with Crippen LogP contribution in [0.5, 0.6) is 0 Å². The van der Waals surface area contributed by atoms with Crippen molar-refractivity contribution in [2.24, 2.45) is 5.73 Å². The maximum absolute atomic E-state index is 11.3.